The second-order valence-electron chi connectivity index (χ2n) is 13.1. The number of hydrogen-bond acceptors (Lipinski definition) is 3. The molecule has 3 heteroatoms. The lowest BCUT2D eigenvalue weighted by Gasteiger charge is -2.37. The largest absolute Gasteiger partial charge is 0.507 e. The van der Waals surface area contributed by atoms with E-state index in [0.29, 0.717) is 0 Å². The van der Waals surface area contributed by atoms with Crippen LogP contribution in [0.1, 0.15) is 71.0 Å². The van der Waals surface area contributed by atoms with Crippen LogP contribution in [0.5, 0.6) is 5.75 Å². The van der Waals surface area contributed by atoms with Crippen LogP contribution in [0.4, 0.5) is 0 Å². The molecule has 4 atom stereocenters. The standard InChI is InChI=1S/C44H40N2O/c1-2-3-14-31(42-35(20-13-24-41(42)47)43(46-45)30-15-5-4-6-16-30)27-29-25-26-40-36(28-29)34-19-9-12-23-39(34)44(40)37-21-10-7-17-32(37)33-18-8-11-22-38(33)44/h2-5,7,9-10,12-15,17-28,36,40,43,46-47H,1,6,8,11,16,45H2/b14-3-,31-27+. The smallest absolute Gasteiger partial charge is 0.123 e. The molecule has 47 heavy (non-hydrogen) atoms. The summed E-state index contributed by atoms with van der Waals surface area (Å²) >= 11 is 0. The third-order valence-corrected chi connectivity index (χ3v) is 10.7. The minimum atomic E-state index is -0.224. The maximum atomic E-state index is 11.4. The summed E-state index contributed by atoms with van der Waals surface area (Å²) in [7, 11) is 0. The van der Waals surface area contributed by atoms with Crippen molar-refractivity contribution >= 4 is 11.1 Å². The van der Waals surface area contributed by atoms with Crippen LogP contribution in [0, 0.1) is 5.92 Å². The predicted octanol–water partition coefficient (Wildman–Crippen LogP) is 9.61. The molecule has 0 amide bonds. The van der Waals surface area contributed by atoms with E-state index in [1.807, 2.05) is 18.2 Å². The van der Waals surface area contributed by atoms with E-state index in [0.717, 1.165) is 48.0 Å². The third kappa shape index (κ3) is 4.57. The number of nitrogens with two attached hydrogens (primary N) is 1. The molecule has 0 radical (unpaired) electrons. The van der Waals surface area contributed by atoms with Gasteiger partial charge in [0, 0.05) is 17.4 Å². The molecule has 4 unspecified atom stereocenters. The van der Waals surface area contributed by atoms with Crippen LogP contribution in [0.15, 0.2) is 163 Å². The zero-order valence-corrected chi connectivity index (χ0v) is 26.6. The van der Waals surface area contributed by atoms with Gasteiger partial charge in [-0.3, -0.25) is 5.84 Å². The van der Waals surface area contributed by atoms with E-state index >= 15 is 0 Å². The van der Waals surface area contributed by atoms with Crippen LogP contribution in [0.3, 0.4) is 0 Å². The van der Waals surface area contributed by atoms with Crippen molar-refractivity contribution in [3.8, 4) is 5.75 Å². The average Bonchev–Trinajstić information content (AvgIpc) is 3.58. The summed E-state index contributed by atoms with van der Waals surface area (Å²) in [5.41, 5.74) is 16.3. The van der Waals surface area contributed by atoms with Gasteiger partial charge < -0.3 is 5.11 Å². The van der Waals surface area contributed by atoms with Crippen molar-refractivity contribution in [2.45, 2.75) is 43.1 Å². The van der Waals surface area contributed by atoms with Gasteiger partial charge in [0.15, 0.2) is 0 Å². The number of hydrazine groups is 1. The Morgan fingerprint density at radius 1 is 0.979 bits per heavy atom. The van der Waals surface area contributed by atoms with Gasteiger partial charge in [-0.1, -0.05) is 134 Å². The van der Waals surface area contributed by atoms with E-state index in [1.54, 1.807) is 12.1 Å². The summed E-state index contributed by atoms with van der Waals surface area (Å²) in [4.78, 5) is 0. The number of rotatable bonds is 7. The number of aromatic hydroxyl groups is 1. The summed E-state index contributed by atoms with van der Waals surface area (Å²) < 4.78 is 0. The van der Waals surface area contributed by atoms with E-state index in [-0.39, 0.29) is 29.0 Å². The Balaban J connectivity index is 1.27. The van der Waals surface area contributed by atoms with Gasteiger partial charge in [0.05, 0.1) is 11.5 Å². The molecule has 3 aromatic carbocycles. The lowest BCUT2D eigenvalue weighted by molar-refractivity contribution is 0.463. The van der Waals surface area contributed by atoms with Crippen molar-refractivity contribution in [1.29, 1.82) is 0 Å². The molecule has 232 valence electrons. The molecule has 1 spiro atoms. The van der Waals surface area contributed by atoms with E-state index in [1.165, 1.54) is 39.0 Å². The molecule has 3 nitrogen and oxygen atoms in total. The predicted molar refractivity (Wildman–Crippen MR) is 194 cm³/mol. The van der Waals surface area contributed by atoms with E-state index in [2.05, 4.69) is 121 Å². The molecule has 0 aromatic heterocycles. The molecule has 8 rings (SSSR count). The first-order chi connectivity index (χ1) is 23.2. The molecule has 0 fully saturated rings. The second kappa shape index (κ2) is 12.0. The van der Waals surface area contributed by atoms with Gasteiger partial charge in [0.2, 0.25) is 0 Å². The highest BCUT2D eigenvalue weighted by Crippen LogP contribution is 2.66. The molecule has 3 aromatic rings. The first-order valence-electron chi connectivity index (χ1n) is 16.8. The first kappa shape index (κ1) is 29.4. The number of phenolic OH excluding ortho intramolecular Hbond substituents is 1. The van der Waals surface area contributed by atoms with Crippen molar-refractivity contribution < 1.29 is 5.11 Å². The van der Waals surface area contributed by atoms with Crippen LogP contribution in [-0.4, -0.2) is 5.11 Å². The minimum Gasteiger partial charge on any atom is -0.507 e. The van der Waals surface area contributed by atoms with Crippen LogP contribution in [0.2, 0.25) is 0 Å². The number of hydrogen-bond donors (Lipinski definition) is 3. The zero-order valence-electron chi connectivity index (χ0n) is 26.6. The van der Waals surface area contributed by atoms with Gasteiger partial charge >= 0.3 is 0 Å². The number of fused-ring (bicyclic) bond motifs is 10. The summed E-state index contributed by atoms with van der Waals surface area (Å²) in [6, 6.07) is 23.6. The quantitative estimate of drug-likeness (QED) is 0.141. The fourth-order valence-electron chi connectivity index (χ4n) is 8.91. The molecule has 0 saturated heterocycles. The van der Waals surface area contributed by atoms with Crippen molar-refractivity contribution in [3.05, 3.63) is 196 Å². The van der Waals surface area contributed by atoms with Crippen LogP contribution >= 0.6 is 0 Å². The maximum absolute atomic E-state index is 11.4. The Labute approximate surface area is 277 Å². The third-order valence-electron chi connectivity index (χ3n) is 10.7. The summed E-state index contributed by atoms with van der Waals surface area (Å²) in [5.74, 6) is 6.90. The molecule has 0 aliphatic heterocycles. The topological polar surface area (TPSA) is 58.3 Å². The Bertz CT molecular complexity index is 2030. The fraction of sp³-hybridized carbons (Fsp3) is 0.182. The summed E-state index contributed by atoms with van der Waals surface area (Å²) in [5, 5.41) is 11.4. The van der Waals surface area contributed by atoms with Gasteiger partial charge in [-0.15, -0.1) is 0 Å². The molecule has 0 saturated carbocycles. The lowest BCUT2D eigenvalue weighted by Crippen LogP contribution is -2.33. The molecule has 5 aliphatic carbocycles. The average molecular weight is 613 g/mol. The van der Waals surface area contributed by atoms with Crippen molar-refractivity contribution in [2.24, 2.45) is 11.8 Å². The number of phenols is 1. The van der Waals surface area contributed by atoms with E-state index in [4.69, 9.17) is 5.84 Å². The minimum absolute atomic E-state index is 0.203. The summed E-state index contributed by atoms with van der Waals surface area (Å²) in [6.45, 7) is 3.94. The molecular weight excluding hydrogens is 572 g/mol. The van der Waals surface area contributed by atoms with Gasteiger partial charge in [-0.05, 0) is 93.5 Å². The SMILES string of the molecule is C=C/C=C\C(=C/C1=CC2c3ccccc3C3(C4=CCCC=C4c4ccccc43)C2C=C1)c1c(O)cccc1C(NN)C1=CC=CCC1. The van der Waals surface area contributed by atoms with Gasteiger partial charge in [0.25, 0.3) is 0 Å². The highest BCUT2D eigenvalue weighted by atomic mass is 16.3. The Morgan fingerprint density at radius 2 is 1.81 bits per heavy atom. The molecule has 0 heterocycles. The second-order valence-corrected chi connectivity index (χ2v) is 13.1. The summed E-state index contributed by atoms with van der Waals surface area (Å²) in [6.07, 6.45) is 30.6. The Hall–Kier alpha value is -4.96. The maximum Gasteiger partial charge on any atom is 0.123 e. The van der Waals surface area contributed by atoms with Crippen molar-refractivity contribution in [1.82, 2.24) is 5.43 Å². The van der Waals surface area contributed by atoms with Gasteiger partial charge in [0.1, 0.15) is 5.75 Å². The molecule has 5 aliphatic rings. The highest BCUT2D eigenvalue weighted by Gasteiger charge is 2.58. The van der Waals surface area contributed by atoms with E-state index in [9.17, 15) is 5.11 Å². The normalized spacial score (nSPS) is 24.6. The number of nitrogens with one attached hydrogen (secondary N) is 1. The van der Waals surface area contributed by atoms with Crippen molar-refractivity contribution in [3.63, 3.8) is 0 Å². The van der Waals surface area contributed by atoms with Crippen LogP contribution in [0.25, 0.3) is 11.1 Å². The zero-order chi connectivity index (χ0) is 32.0. The van der Waals surface area contributed by atoms with Gasteiger partial charge in [-0.25, -0.2) is 5.43 Å². The van der Waals surface area contributed by atoms with Crippen LogP contribution in [-0.2, 0) is 5.41 Å². The Morgan fingerprint density at radius 3 is 2.64 bits per heavy atom. The fourth-order valence-corrected chi connectivity index (χ4v) is 8.91. The molecule has 4 N–H and O–H groups in total. The molecular formula is C44H40N2O. The number of benzene rings is 3. The first-order valence-corrected chi connectivity index (χ1v) is 16.8. The highest BCUT2D eigenvalue weighted by molar-refractivity contribution is 5.94. The lowest BCUT2D eigenvalue weighted by atomic mass is 9.64. The van der Waals surface area contributed by atoms with E-state index < -0.39 is 0 Å². The number of allylic oxidation sites excluding steroid dienone is 16. The van der Waals surface area contributed by atoms with Crippen LogP contribution < -0.4 is 11.3 Å². The van der Waals surface area contributed by atoms with Crippen molar-refractivity contribution in [2.75, 3.05) is 0 Å². The Kier molecular flexibility index (Phi) is 7.52. The monoisotopic (exact) mass is 612 g/mol. The molecule has 0 bridgehead atoms. The van der Waals surface area contributed by atoms with Gasteiger partial charge in [-0.2, -0.15) is 0 Å².